The normalized spacial score (nSPS) is 6.73. The molecular formula is C4H7NaO6. The van der Waals surface area contributed by atoms with Gasteiger partial charge in [0.1, 0.15) is 6.61 Å². The minimum atomic E-state index is -1.44. The average molecular weight is 174 g/mol. The number of carbonyl (C=O) groups excluding carboxylic acids is 1. The molecule has 0 aliphatic heterocycles. The molecule has 0 atom stereocenters. The Hall–Kier alpha value is -0.140. The first-order chi connectivity index (χ1) is 4.54. The molecule has 0 unspecified atom stereocenters. The van der Waals surface area contributed by atoms with Crippen molar-refractivity contribution in [1.29, 1.82) is 0 Å². The maximum Gasteiger partial charge on any atom is 1.00 e. The second kappa shape index (κ2) is 12.5. The van der Waals surface area contributed by atoms with E-state index in [9.17, 15) is 0 Å². The largest absolute Gasteiger partial charge is 1.00 e. The summed E-state index contributed by atoms with van der Waals surface area (Å²) in [6.45, 7) is -1.67. The van der Waals surface area contributed by atoms with Crippen molar-refractivity contribution in [1.82, 2.24) is 0 Å². The Morgan fingerprint density at radius 1 is 1.18 bits per heavy atom. The van der Waals surface area contributed by atoms with Gasteiger partial charge in [0, 0.05) is 0 Å². The molecular weight excluding hydrogens is 167 g/mol. The van der Waals surface area contributed by atoms with Gasteiger partial charge in [-0.15, -0.1) is 0 Å². The molecule has 0 heterocycles. The smallest absolute Gasteiger partial charge is 0.548 e. The number of rotatable bonds is 2. The fourth-order valence-corrected chi connectivity index (χ4v) is 0. The maximum atomic E-state index is 9.12. The molecule has 0 spiro atoms. The first-order valence-corrected chi connectivity index (χ1v) is 2.18. The summed E-state index contributed by atoms with van der Waals surface area (Å²) >= 11 is 0. The zero-order valence-corrected chi connectivity index (χ0v) is 7.98. The summed E-state index contributed by atoms with van der Waals surface area (Å²) in [6, 6.07) is 0. The van der Waals surface area contributed by atoms with Crippen molar-refractivity contribution in [2.45, 2.75) is 0 Å². The first kappa shape index (κ1) is 17.1. The topological polar surface area (TPSA) is 118 Å². The van der Waals surface area contributed by atoms with E-state index in [1.807, 2.05) is 0 Å². The number of hydrogen-bond donors (Lipinski definition) is 3. The van der Waals surface area contributed by atoms with E-state index in [0.717, 1.165) is 0 Å². The van der Waals surface area contributed by atoms with Crippen LogP contribution in [0.15, 0.2) is 0 Å². The van der Waals surface area contributed by atoms with Gasteiger partial charge in [-0.05, 0) is 0 Å². The molecule has 0 aliphatic rings. The van der Waals surface area contributed by atoms with Crippen molar-refractivity contribution in [2.24, 2.45) is 0 Å². The minimum Gasteiger partial charge on any atom is -0.548 e. The van der Waals surface area contributed by atoms with Gasteiger partial charge < -0.3 is 25.2 Å². The van der Waals surface area contributed by atoms with Gasteiger partial charge in [0.2, 0.25) is 0 Å². The zero-order valence-electron chi connectivity index (χ0n) is 5.98. The summed E-state index contributed by atoms with van der Waals surface area (Å²) in [5.41, 5.74) is 0. The maximum absolute atomic E-state index is 9.12. The van der Waals surface area contributed by atoms with Gasteiger partial charge in [0.05, 0.1) is 12.6 Å². The van der Waals surface area contributed by atoms with Crippen molar-refractivity contribution in [3.63, 3.8) is 0 Å². The van der Waals surface area contributed by atoms with Crippen LogP contribution in [0.3, 0.4) is 0 Å². The predicted octanol–water partition coefficient (Wildman–Crippen LogP) is -6.20. The van der Waals surface area contributed by atoms with Crippen molar-refractivity contribution >= 4 is 11.9 Å². The molecule has 0 aromatic carbocycles. The number of aliphatic hydroxyl groups is 2. The van der Waals surface area contributed by atoms with E-state index in [-0.39, 0.29) is 29.6 Å². The van der Waals surface area contributed by atoms with E-state index in [2.05, 4.69) is 0 Å². The molecule has 7 heteroatoms. The van der Waals surface area contributed by atoms with Gasteiger partial charge in [0.15, 0.2) is 0 Å². The van der Waals surface area contributed by atoms with Crippen LogP contribution < -0.4 is 34.7 Å². The minimum absolute atomic E-state index is 0. The third kappa shape index (κ3) is 40.9. The van der Waals surface area contributed by atoms with Crippen LogP contribution in [0.25, 0.3) is 0 Å². The van der Waals surface area contributed by atoms with Crippen molar-refractivity contribution in [3.05, 3.63) is 0 Å². The predicted molar refractivity (Wildman–Crippen MR) is 26.8 cm³/mol. The summed E-state index contributed by atoms with van der Waals surface area (Å²) in [6.07, 6.45) is 0. The molecule has 0 saturated heterocycles. The summed E-state index contributed by atoms with van der Waals surface area (Å²) in [5.74, 6) is -2.63. The Morgan fingerprint density at radius 3 is 1.36 bits per heavy atom. The van der Waals surface area contributed by atoms with E-state index in [1.54, 1.807) is 0 Å². The Balaban J connectivity index is -0.000000107. The van der Waals surface area contributed by atoms with Crippen LogP contribution in [0.5, 0.6) is 0 Å². The van der Waals surface area contributed by atoms with Crippen molar-refractivity contribution in [3.8, 4) is 0 Å². The number of aliphatic hydroxyl groups excluding tert-OH is 2. The Morgan fingerprint density at radius 2 is 1.36 bits per heavy atom. The third-order valence-corrected chi connectivity index (χ3v) is 0.264. The van der Waals surface area contributed by atoms with Gasteiger partial charge in [-0.25, -0.2) is 4.79 Å². The second-order valence-electron chi connectivity index (χ2n) is 1.08. The van der Waals surface area contributed by atoms with E-state index in [1.165, 1.54) is 0 Å². The second-order valence-corrected chi connectivity index (χ2v) is 1.08. The van der Waals surface area contributed by atoms with Crippen LogP contribution in [-0.4, -0.2) is 40.5 Å². The molecule has 0 bridgehead atoms. The van der Waals surface area contributed by atoms with Gasteiger partial charge in [0.25, 0.3) is 0 Å². The number of carboxylic acid groups (broad SMARTS) is 2. The molecule has 0 fully saturated rings. The fraction of sp³-hybridized carbons (Fsp3) is 0.500. The van der Waals surface area contributed by atoms with Crippen LogP contribution in [0.4, 0.5) is 0 Å². The quantitative estimate of drug-likeness (QED) is 0.358. The van der Waals surface area contributed by atoms with E-state index < -0.39 is 25.2 Å². The fourth-order valence-electron chi connectivity index (χ4n) is 0. The third-order valence-electron chi connectivity index (χ3n) is 0.264. The summed E-state index contributed by atoms with van der Waals surface area (Å²) in [4.78, 5) is 18.1. The number of hydrogen-bond acceptors (Lipinski definition) is 5. The monoisotopic (exact) mass is 174 g/mol. The zero-order chi connectivity index (χ0) is 8.57. The molecule has 0 amide bonds. The van der Waals surface area contributed by atoms with Crippen molar-refractivity contribution < 1.29 is 59.6 Å². The Bertz CT molecular complexity index is 99.1. The average Bonchev–Trinajstić information content (AvgIpc) is 1.89. The van der Waals surface area contributed by atoms with Gasteiger partial charge in [-0.3, -0.25) is 0 Å². The number of carbonyl (C=O) groups is 2. The molecule has 0 radical (unpaired) electrons. The molecule has 0 rings (SSSR count). The van der Waals surface area contributed by atoms with E-state index in [0.29, 0.717) is 0 Å². The number of aliphatic carboxylic acids is 2. The summed E-state index contributed by atoms with van der Waals surface area (Å²) in [5, 5.41) is 31.5. The molecule has 11 heavy (non-hydrogen) atoms. The van der Waals surface area contributed by atoms with Crippen LogP contribution in [0, 0.1) is 0 Å². The first-order valence-electron chi connectivity index (χ1n) is 2.18. The SMILES string of the molecule is O=C(O)CO.O=C([O-])CO.[Na+]. The van der Waals surface area contributed by atoms with Crippen molar-refractivity contribution in [2.75, 3.05) is 13.2 Å². The molecule has 0 aromatic heterocycles. The molecule has 0 saturated carbocycles. The molecule has 60 valence electrons. The number of carboxylic acids is 2. The molecule has 0 aliphatic carbocycles. The standard InChI is InChI=1S/2C2H4O3.Na/c2*3-1-2(4)5;/h2*3H,1H2,(H,4,5);/q;;+1/p-1. The molecule has 6 nitrogen and oxygen atoms in total. The van der Waals surface area contributed by atoms with Crippen LogP contribution in [-0.2, 0) is 9.59 Å². The Kier molecular flexibility index (Phi) is 19.5. The van der Waals surface area contributed by atoms with Gasteiger partial charge in [-0.2, -0.15) is 0 Å². The van der Waals surface area contributed by atoms with Gasteiger partial charge >= 0.3 is 35.5 Å². The summed E-state index contributed by atoms with van der Waals surface area (Å²) < 4.78 is 0. The molecule has 3 N–H and O–H groups in total. The van der Waals surface area contributed by atoms with Crippen LogP contribution in [0.2, 0.25) is 0 Å². The van der Waals surface area contributed by atoms with Gasteiger partial charge in [-0.1, -0.05) is 0 Å². The van der Waals surface area contributed by atoms with E-state index in [4.69, 9.17) is 30.0 Å². The molecule has 0 aromatic rings. The summed E-state index contributed by atoms with van der Waals surface area (Å²) in [7, 11) is 0. The van der Waals surface area contributed by atoms with Crippen LogP contribution >= 0.6 is 0 Å². The Labute approximate surface area is 84.8 Å². The van der Waals surface area contributed by atoms with Crippen LogP contribution in [0.1, 0.15) is 0 Å². The van der Waals surface area contributed by atoms with E-state index >= 15 is 0 Å².